The largest absolute Gasteiger partial charge is 0.462 e. The Hall–Kier alpha value is -0.570. The number of carbonyl (C=O) groups excluding carboxylic acids is 1. The fourth-order valence-electron chi connectivity index (χ4n) is 3.18. The molecule has 0 atom stereocenters. The summed E-state index contributed by atoms with van der Waals surface area (Å²) in [6.07, 6.45) is 6.53. The molecule has 0 aliphatic heterocycles. The summed E-state index contributed by atoms with van der Waals surface area (Å²) in [5.74, 6) is 0.593. The van der Waals surface area contributed by atoms with Gasteiger partial charge in [0.1, 0.15) is 0 Å². The molecule has 0 spiro atoms. The monoisotopic (exact) mass is 255 g/mol. The molecule has 3 heteroatoms. The molecule has 0 radical (unpaired) electrons. The van der Waals surface area contributed by atoms with Gasteiger partial charge in [-0.25, -0.2) is 0 Å². The highest BCUT2D eigenvalue weighted by Gasteiger charge is 2.33. The second-order valence-electron chi connectivity index (χ2n) is 6.45. The van der Waals surface area contributed by atoms with Gasteiger partial charge in [0.05, 0.1) is 12.6 Å². The molecule has 0 aromatic rings. The molecule has 0 unspecified atom stereocenters. The van der Waals surface area contributed by atoms with Crippen LogP contribution in [0.1, 0.15) is 59.8 Å². The first-order valence-electron chi connectivity index (χ1n) is 7.34. The lowest BCUT2D eigenvalue weighted by atomic mass is 9.78. The van der Waals surface area contributed by atoms with Crippen LogP contribution in [0.15, 0.2) is 0 Å². The number of hydrogen-bond donors (Lipinski definition) is 1. The number of esters is 1. The first-order chi connectivity index (χ1) is 8.43. The molecule has 1 N–H and O–H groups in total. The zero-order chi connectivity index (χ0) is 13.6. The fourth-order valence-corrected chi connectivity index (χ4v) is 3.18. The summed E-state index contributed by atoms with van der Waals surface area (Å²) in [5.41, 5.74) is 0.423. The Bertz CT molecular complexity index is 255. The van der Waals surface area contributed by atoms with E-state index in [2.05, 4.69) is 19.2 Å². The van der Waals surface area contributed by atoms with E-state index in [1.165, 1.54) is 32.1 Å². The van der Waals surface area contributed by atoms with Crippen LogP contribution in [0, 0.1) is 11.3 Å². The zero-order valence-corrected chi connectivity index (χ0v) is 12.4. The number of hydrogen-bond acceptors (Lipinski definition) is 3. The van der Waals surface area contributed by atoms with Crippen molar-refractivity contribution in [1.82, 2.24) is 5.32 Å². The van der Waals surface area contributed by atoms with Crippen LogP contribution in [0.25, 0.3) is 0 Å². The quantitative estimate of drug-likeness (QED) is 0.710. The van der Waals surface area contributed by atoms with Crippen LogP contribution in [-0.4, -0.2) is 25.2 Å². The summed E-state index contributed by atoms with van der Waals surface area (Å²) in [7, 11) is 0. The lowest BCUT2D eigenvalue weighted by molar-refractivity contribution is -0.146. The highest BCUT2D eigenvalue weighted by molar-refractivity contribution is 5.71. The first-order valence-corrected chi connectivity index (χ1v) is 7.34. The van der Waals surface area contributed by atoms with Gasteiger partial charge in [0.15, 0.2) is 0 Å². The van der Waals surface area contributed by atoms with Crippen molar-refractivity contribution in [2.45, 2.75) is 65.9 Å². The molecule has 0 aromatic heterocycles. The molecule has 18 heavy (non-hydrogen) atoms. The van der Waals surface area contributed by atoms with Gasteiger partial charge in [0.25, 0.3) is 0 Å². The van der Waals surface area contributed by atoms with Gasteiger partial charge in [-0.15, -0.1) is 0 Å². The smallest absolute Gasteiger partial charge is 0.320 e. The first kappa shape index (κ1) is 15.5. The van der Waals surface area contributed by atoms with Gasteiger partial charge in [0.2, 0.25) is 0 Å². The highest BCUT2D eigenvalue weighted by Crippen LogP contribution is 2.42. The average Bonchev–Trinajstić information content (AvgIpc) is 2.64. The van der Waals surface area contributed by atoms with E-state index >= 15 is 0 Å². The predicted octanol–water partition coefficient (Wildman–Crippen LogP) is 3.13. The molecule has 3 nitrogen and oxygen atoms in total. The van der Waals surface area contributed by atoms with Crippen LogP contribution in [0.3, 0.4) is 0 Å². The molecule has 1 fully saturated rings. The van der Waals surface area contributed by atoms with E-state index in [9.17, 15) is 4.79 Å². The van der Waals surface area contributed by atoms with Gasteiger partial charge < -0.3 is 10.1 Å². The lowest BCUT2D eigenvalue weighted by Gasteiger charge is -2.31. The Morgan fingerprint density at radius 1 is 1.22 bits per heavy atom. The molecule has 1 saturated carbocycles. The van der Waals surface area contributed by atoms with Crippen molar-refractivity contribution >= 4 is 5.97 Å². The minimum absolute atomic E-state index is 0.0181. The Kier molecular flexibility index (Phi) is 6.13. The van der Waals surface area contributed by atoms with Gasteiger partial charge in [-0.2, -0.15) is 0 Å². The van der Waals surface area contributed by atoms with Crippen LogP contribution in [0.5, 0.6) is 0 Å². The topological polar surface area (TPSA) is 38.3 Å². The van der Waals surface area contributed by atoms with E-state index in [4.69, 9.17) is 4.74 Å². The Morgan fingerprint density at radius 3 is 2.33 bits per heavy atom. The molecule has 0 saturated heterocycles. The maximum Gasteiger partial charge on any atom is 0.320 e. The summed E-state index contributed by atoms with van der Waals surface area (Å²) < 4.78 is 5.13. The van der Waals surface area contributed by atoms with E-state index in [1.807, 2.05) is 13.8 Å². The second-order valence-corrected chi connectivity index (χ2v) is 6.45. The molecule has 1 aliphatic rings. The van der Waals surface area contributed by atoms with Gasteiger partial charge >= 0.3 is 5.97 Å². The SMILES string of the molecule is CC(C)CC1(CNCC(=O)OC(C)C)CCCC1. The van der Waals surface area contributed by atoms with Gasteiger partial charge in [0, 0.05) is 6.54 Å². The van der Waals surface area contributed by atoms with E-state index < -0.39 is 0 Å². The predicted molar refractivity (Wildman–Crippen MR) is 74.5 cm³/mol. The summed E-state index contributed by atoms with van der Waals surface area (Å²) in [6.45, 7) is 9.64. The van der Waals surface area contributed by atoms with Crippen molar-refractivity contribution in [3.05, 3.63) is 0 Å². The Labute approximate surface area is 112 Å². The maximum absolute atomic E-state index is 11.5. The molecule has 0 aromatic carbocycles. The molecule has 1 aliphatic carbocycles. The molecule has 106 valence electrons. The lowest BCUT2D eigenvalue weighted by Crippen LogP contribution is -2.37. The van der Waals surface area contributed by atoms with Crippen molar-refractivity contribution < 1.29 is 9.53 Å². The van der Waals surface area contributed by atoms with E-state index in [-0.39, 0.29) is 12.1 Å². The average molecular weight is 255 g/mol. The summed E-state index contributed by atoms with van der Waals surface area (Å²) in [4.78, 5) is 11.5. The number of rotatable bonds is 7. The summed E-state index contributed by atoms with van der Waals surface area (Å²) >= 11 is 0. The molecule has 0 amide bonds. The molecular formula is C15H29NO2. The minimum atomic E-state index is -0.136. The fraction of sp³-hybridized carbons (Fsp3) is 0.933. The number of ether oxygens (including phenoxy) is 1. The van der Waals surface area contributed by atoms with Crippen molar-refractivity contribution in [3.63, 3.8) is 0 Å². The standard InChI is InChI=1S/C15H29NO2/c1-12(2)9-15(7-5-6-8-15)11-16-10-14(17)18-13(3)4/h12-13,16H,5-11H2,1-4H3. The van der Waals surface area contributed by atoms with Gasteiger partial charge in [-0.3, -0.25) is 4.79 Å². The minimum Gasteiger partial charge on any atom is -0.462 e. The van der Waals surface area contributed by atoms with Crippen molar-refractivity contribution in [2.24, 2.45) is 11.3 Å². The molecular weight excluding hydrogens is 226 g/mol. The van der Waals surface area contributed by atoms with Crippen molar-refractivity contribution in [3.8, 4) is 0 Å². The van der Waals surface area contributed by atoms with Crippen LogP contribution in [0.4, 0.5) is 0 Å². The zero-order valence-electron chi connectivity index (χ0n) is 12.4. The molecule has 0 heterocycles. The Morgan fingerprint density at radius 2 is 1.83 bits per heavy atom. The van der Waals surface area contributed by atoms with Gasteiger partial charge in [-0.05, 0) is 44.4 Å². The molecule has 0 bridgehead atoms. The normalized spacial score (nSPS) is 18.6. The van der Waals surface area contributed by atoms with Crippen molar-refractivity contribution in [1.29, 1.82) is 0 Å². The summed E-state index contributed by atoms with van der Waals surface area (Å²) in [6, 6.07) is 0. The van der Waals surface area contributed by atoms with Crippen LogP contribution < -0.4 is 5.32 Å². The highest BCUT2D eigenvalue weighted by atomic mass is 16.5. The molecule has 1 rings (SSSR count). The second kappa shape index (κ2) is 7.13. The third kappa shape index (κ3) is 5.38. The van der Waals surface area contributed by atoms with Gasteiger partial charge in [-0.1, -0.05) is 26.7 Å². The third-order valence-corrected chi connectivity index (χ3v) is 3.64. The van der Waals surface area contributed by atoms with E-state index in [0.717, 1.165) is 12.5 Å². The summed E-state index contributed by atoms with van der Waals surface area (Å²) in [5, 5.41) is 3.30. The third-order valence-electron chi connectivity index (χ3n) is 3.64. The van der Waals surface area contributed by atoms with Crippen LogP contribution >= 0.6 is 0 Å². The Balaban J connectivity index is 2.32. The van der Waals surface area contributed by atoms with Crippen LogP contribution in [-0.2, 0) is 9.53 Å². The van der Waals surface area contributed by atoms with Crippen LogP contribution in [0.2, 0.25) is 0 Å². The number of nitrogens with one attached hydrogen (secondary N) is 1. The van der Waals surface area contributed by atoms with Crippen molar-refractivity contribution in [2.75, 3.05) is 13.1 Å². The van der Waals surface area contributed by atoms with E-state index in [0.29, 0.717) is 12.0 Å². The maximum atomic E-state index is 11.5. The number of carbonyl (C=O) groups is 1. The van der Waals surface area contributed by atoms with E-state index in [1.54, 1.807) is 0 Å².